The first-order chi connectivity index (χ1) is 7.70. The van der Waals surface area contributed by atoms with E-state index in [-0.39, 0.29) is 16.2 Å². The molecule has 0 unspecified atom stereocenters. The molecule has 92 valence electrons. The van der Waals surface area contributed by atoms with Gasteiger partial charge >= 0.3 is 13.1 Å². The number of carbonyl (C=O) groups is 1. The van der Waals surface area contributed by atoms with Gasteiger partial charge in [0.25, 0.3) is 0 Å². The third-order valence-corrected chi connectivity index (χ3v) is 2.08. The Labute approximate surface area is 105 Å². The summed E-state index contributed by atoms with van der Waals surface area (Å²) in [5.41, 5.74) is -0.573. The maximum atomic E-state index is 11.7. The normalized spacial score (nSPS) is 11.2. The third kappa shape index (κ3) is 4.00. The largest absolute Gasteiger partial charge is 0.490 e. The zero-order valence-corrected chi connectivity index (χ0v) is 10.5. The number of nitrogens with zero attached hydrogens (tertiary/aromatic N) is 1. The molecule has 0 aliphatic rings. The highest BCUT2D eigenvalue weighted by Gasteiger charge is 2.23. The van der Waals surface area contributed by atoms with E-state index in [9.17, 15) is 4.79 Å². The molecule has 1 aromatic rings. The summed E-state index contributed by atoms with van der Waals surface area (Å²) in [6.45, 7) is 5.16. The van der Waals surface area contributed by atoms with Crippen LogP contribution in [0.1, 0.15) is 31.1 Å². The molecular weight excluding hydrogens is 244 g/mol. The van der Waals surface area contributed by atoms with Crippen LogP contribution in [0.3, 0.4) is 0 Å². The number of aromatic nitrogens is 1. The van der Waals surface area contributed by atoms with Gasteiger partial charge in [0, 0.05) is 11.7 Å². The average Bonchev–Trinajstić information content (AvgIpc) is 2.14. The maximum Gasteiger partial charge on any atom is 0.490 e. The van der Waals surface area contributed by atoms with Crippen molar-refractivity contribution in [1.82, 2.24) is 4.98 Å². The highest BCUT2D eigenvalue weighted by atomic mass is 35.5. The minimum atomic E-state index is -1.71. The lowest BCUT2D eigenvalue weighted by molar-refractivity contribution is 0.00694. The minimum Gasteiger partial charge on any atom is -0.456 e. The molecule has 1 aromatic heterocycles. The van der Waals surface area contributed by atoms with Crippen LogP contribution in [0.2, 0.25) is 5.15 Å². The van der Waals surface area contributed by atoms with Gasteiger partial charge in [-0.3, -0.25) is 0 Å². The summed E-state index contributed by atoms with van der Waals surface area (Å²) in [6, 6.07) is 1.24. The Kier molecular flexibility index (Phi) is 4.14. The van der Waals surface area contributed by atoms with E-state index >= 15 is 0 Å². The van der Waals surface area contributed by atoms with Gasteiger partial charge in [0.2, 0.25) is 0 Å². The van der Waals surface area contributed by atoms with Crippen LogP contribution >= 0.6 is 11.6 Å². The van der Waals surface area contributed by atoms with E-state index < -0.39 is 18.7 Å². The summed E-state index contributed by atoms with van der Waals surface area (Å²) in [5, 5.41) is 17.9. The molecule has 0 atom stereocenters. The summed E-state index contributed by atoms with van der Waals surface area (Å²) in [4.78, 5) is 15.4. The van der Waals surface area contributed by atoms with Crippen molar-refractivity contribution < 1.29 is 19.6 Å². The van der Waals surface area contributed by atoms with Crippen LogP contribution < -0.4 is 5.46 Å². The lowest BCUT2D eigenvalue weighted by Crippen LogP contribution is -2.32. The predicted octanol–water partition coefficient (Wildman–Crippen LogP) is 0.370. The number of halogens is 1. The second-order valence-corrected chi connectivity index (χ2v) is 4.84. The monoisotopic (exact) mass is 257 g/mol. The molecule has 17 heavy (non-hydrogen) atoms. The van der Waals surface area contributed by atoms with Crippen LogP contribution in [-0.2, 0) is 4.74 Å². The molecule has 1 heterocycles. The SMILES string of the molecule is CC(C)(C)OC(=O)c1cc(B(O)O)cnc1Cl. The number of pyridine rings is 1. The van der Waals surface area contributed by atoms with Crippen molar-refractivity contribution >= 4 is 30.2 Å². The van der Waals surface area contributed by atoms with E-state index in [1.807, 2.05) is 0 Å². The molecule has 0 saturated carbocycles. The Hall–Kier alpha value is -1.11. The molecule has 0 aromatic carbocycles. The molecule has 0 fully saturated rings. The van der Waals surface area contributed by atoms with E-state index in [0.29, 0.717) is 0 Å². The quantitative estimate of drug-likeness (QED) is 0.455. The van der Waals surface area contributed by atoms with Crippen LogP contribution in [-0.4, -0.2) is 33.7 Å². The zero-order chi connectivity index (χ0) is 13.2. The molecule has 1 rings (SSSR count). The minimum absolute atomic E-state index is 0.00666. The van der Waals surface area contributed by atoms with E-state index in [1.165, 1.54) is 12.3 Å². The number of ether oxygens (including phenoxy) is 1. The van der Waals surface area contributed by atoms with E-state index in [4.69, 9.17) is 26.4 Å². The number of hydrogen-bond donors (Lipinski definition) is 2. The van der Waals surface area contributed by atoms with Gasteiger partial charge in [-0.25, -0.2) is 9.78 Å². The molecule has 0 radical (unpaired) electrons. The van der Waals surface area contributed by atoms with Crippen molar-refractivity contribution in [3.05, 3.63) is 23.0 Å². The van der Waals surface area contributed by atoms with Crippen LogP contribution in [0.15, 0.2) is 12.3 Å². The van der Waals surface area contributed by atoms with Gasteiger partial charge in [0.1, 0.15) is 10.8 Å². The topological polar surface area (TPSA) is 79.7 Å². The van der Waals surface area contributed by atoms with Gasteiger partial charge < -0.3 is 14.8 Å². The Balaban J connectivity index is 3.04. The number of carbonyl (C=O) groups excluding carboxylic acids is 1. The second kappa shape index (κ2) is 5.04. The van der Waals surface area contributed by atoms with Gasteiger partial charge in [0.15, 0.2) is 0 Å². The zero-order valence-electron chi connectivity index (χ0n) is 9.77. The molecule has 0 bridgehead atoms. The van der Waals surface area contributed by atoms with Gasteiger partial charge in [-0.05, 0) is 26.8 Å². The van der Waals surface area contributed by atoms with E-state index in [2.05, 4.69) is 4.98 Å². The van der Waals surface area contributed by atoms with Crippen molar-refractivity contribution in [2.45, 2.75) is 26.4 Å². The summed E-state index contributed by atoms with van der Waals surface area (Å²) in [7, 11) is -1.71. The second-order valence-electron chi connectivity index (χ2n) is 4.48. The summed E-state index contributed by atoms with van der Waals surface area (Å²) in [6.07, 6.45) is 1.18. The average molecular weight is 257 g/mol. The van der Waals surface area contributed by atoms with Gasteiger partial charge in [-0.2, -0.15) is 0 Å². The fraction of sp³-hybridized carbons (Fsp3) is 0.400. The molecule has 0 aliphatic heterocycles. The molecule has 0 spiro atoms. The first kappa shape index (κ1) is 14.0. The third-order valence-electron chi connectivity index (χ3n) is 1.78. The van der Waals surface area contributed by atoms with Crippen molar-refractivity contribution in [3.8, 4) is 0 Å². The Morgan fingerprint density at radius 1 is 1.47 bits per heavy atom. The predicted molar refractivity (Wildman–Crippen MR) is 64.2 cm³/mol. The van der Waals surface area contributed by atoms with Crippen molar-refractivity contribution in [3.63, 3.8) is 0 Å². The molecule has 0 aliphatic carbocycles. The lowest BCUT2D eigenvalue weighted by atomic mass is 9.81. The fourth-order valence-corrected chi connectivity index (χ4v) is 1.26. The van der Waals surface area contributed by atoms with Crippen LogP contribution in [0.5, 0.6) is 0 Å². The highest BCUT2D eigenvalue weighted by molar-refractivity contribution is 6.58. The molecule has 2 N–H and O–H groups in total. The summed E-state index contributed by atoms with van der Waals surface area (Å²) >= 11 is 5.75. The smallest absolute Gasteiger partial charge is 0.456 e. The molecular formula is C10H13BClNO4. The standard InChI is InChI=1S/C10H13BClNO4/c1-10(2,3)17-9(14)7-4-6(11(15)16)5-13-8(7)12/h4-5,15-16H,1-3H3. The van der Waals surface area contributed by atoms with Gasteiger partial charge in [0.05, 0.1) is 5.56 Å². The first-order valence-electron chi connectivity index (χ1n) is 4.95. The van der Waals surface area contributed by atoms with Gasteiger partial charge in [-0.1, -0.05) is 11.6 Å². The van der Waals surface area contributed by atoms with Crippen molar-refractivity contribution in [2.24, 2.45) is 0 Å². The molecule has 7 heteroatoms. The van der Waals surface area contributed by atoms with Crippen molar-refractivity contribution in [1.29, 1.82) is 0 Å². The Morgan fingerprint density at radius 3 is 2.53 bits per heavy atom. The molecule has 0 amide bonds. The number of esters is 1. The molecule has 5 nitrogen and oxygen atoms in total. The number of rotatable bonds is 2. The molecule has 0 saturated heterocycles. The Morgan fingerprint density at radius 2 is 2.06 bits per heavy atom. The first-order valence-corrected chi connectivity index (χ1v) is 5.33. The number of hydrogen-bond acceptors (Lipinski definition) is 5. The van der Waals surface area contributed by atoms with Gasteiger partial charge in [-0.15, -0.1) is 0 Å². The summed E-state index contributed by atoms with van der Waals surface area (Å²) in [5.74, 6) is -0.655. The maximum absolute atomic E-state index is 11.7. The van der Waals surface area contributed by atoms with Crippen molar-refractivity contribution in [2.75, 3.05) is 0 Å². The van der Waals surface area contributed by atoms with E-state index in [0.717, 1.165) is 0 Å². The van der Waals surface area contributed by atoms with Crippen LogP contribution in [0.25, 0.3) is 0 Å². The fourth-order valence-electron chi connectivity index (χ4n) is 1.08. The Bertz CT molecular complexity index is 431. The van der Waals surface area contributed by atoms with Crippen LogP contribution in [0.4, 0.5) is 0 Å². The highest BCUT2D eigenvalue weighted by Crippen LogP contribution is 2.16. The summed E-state index contributed by atoms with van der Waals surface area (Å²) < 4.78 is 5.11. The lowest BCUT2D eigenvalue weighted by Gasteiger charge is -2.19. The van der Waals surface area contributed by atoms with Crippen LogP contribution in [0, 0.1) is 0 Å². The van der Waals surface area contributed by atoms with E-state index in [1.54, 1.807) is 20.8 Å².